The third-order valence-corrected chi connectivity index (χ3v) is 3.54. The second kappa shape index (κ2) is 8.07. The van der Waals surface area contributed by atoms with Gasteiger partial charge >= 0.3 is 6.09 Å². The molecular weight excluding hydrogens is 351 g/mol. The van der Waals surface area contributed by atoms with Gasteiger partial charge in [0, 0.05) is 5.56 Å². The van der Waals surface area contributed by atoms with Crippen LogP contribution >= 0.6 is 0 Å². The Kier molecular flexibility index (Phi) is 6.05. The van der Waals surface area contributed by atoms with Gasteiger partial charge in [0.05, 0.1) is 18.5 Å². The Morgan fingerprint density at radius 3 is 2.33 bits per heavy atom. The van der Waals surface area contributed by atoms with Crippen molar-refractivity contribution < 1.29 is 23.5 Å². The van der Waals surface area contributed by atoms with E-state index in [1.165, 1.54) is 19.2 Å². The van der Waals surface area contributed by atoms with E-state index in [2.05, 4.69) is 10.6 Å². The first kappa shape index (κ1) is 20.2. The lowest BCUT2D eigenvalue weighted by Crippen LogP contribution is -2.27. The first-order valence-electron chi connectivity index (χ1n) is 8.34. The average Bonchev–Trinajstić information content (AvgIpc) is 2.56. The molecule has 0 aliphatic rings. The van der Waals surface area contributed by atoms with E-state index >= 15 is 0 Å². The second-order valence-electron chi connectivity index (χ2n) is 6.96. The summed E-state index contributed by atoms with van der Waals surface area (Å²) in [5.74, 6) is -0.457. The quantitative estimate of drug-likeness (QED) is 0.810. The molecule has 27 heavy (non-hydrogen) atoms. The van der Waals surface area contributed by atoms with Crippen molar-refractivity contribution in [3.05, 3.63) is 53.3 Å². The first-order valence-corrected chi connectivity index (χ1v) is 8.34. The Hall–Kier alpha value is -3.09. The maximum atomic E-state index is 13.7. The molecular formula is C20H23FN2O4. The predicted octanol–water partition coefficient (Wildman–Crippen LogP) is 4.74. The zero-order valence-corrected chi connectivity index (χ0v) is 16.0. The Morgan fingerprint density at radius 1 is 1.00 bits per heavy atom. The van der Waals surface area contributed by atoms with Crippen molar-refractivity contribution in [1.29, 1.82) is 0 Å². The van der Waals surface area contributed by atoms with Gasteiger partial charge in [0.25, 0.3) is 5.91 Å². The van der Waals surface area contributed by atoms with E-state index in [1.54, 1.807) is 39.0 Å². The molecule has 0 radical (unpaired) electrons. The number of anilines is 2. The van der Waals surface area contributed by atoms with Crippen LogP contribution in [-0.2, 0) is 4.74 Å². The number of amides is 2. The maximum Gasteiger partial charge on any atom is 0.412 e. The van der Waals surface area contributed by atoms with Gasteiger partial charge in [-0.05, 0) is 63.6 Å². The van der Waals surface area contributed by atoms with E-state index in [0.717, 1.165) is 11.6 Å². The lowest BCUT2D eigenvalue weighted by atomic mass is 10.1. The van der Waals surface area contributed by atoms with Gasteiger partial charge in [-0.2, -0.15) is 0 Å². The molecule has 6 nitrogen and oxygen atoms in total. The molecule has 2 N–H and O–H groups in total. The summed E-state index contributed by atoms with van der Waals surface area (Å²) in [4.78, 5) is 24.5. The van der Waals surface area contributed by atoms with E-state index in [4.69, 9.17) is 9.47 Å². The second-order valence-corrected chi connectivity index (χ2v) is 6.96. The number of aryl methyl sites for hydroxylation is 1. The number of halogens is 1. The van der Waals surface area contributed by atoms with Crippen LogP contribution in [0.15, 0.2) is 36.4 Å². The van der Waals surface area contributed by atoms with Crippen molar-refractivity contribution >= 4 is 23.4 Å². The van der Waals surface area contributed by atoms with Crippen LogP contribution in [0.1, 0.15) is 36.7 Å². The van der Waals surface area contributed by atoms with E-state index in [-0.39, 0.29) is 11.4 Å². The average molecular weight is 374 g/mol. The highest BCUT2D eigenvalue weighted by Gasteiger charge is 2.18. The van der Waals surface area contributed by atoms with E-state index < -0.39 is 23.4 Å². The smallest absolute Gasteiger partial charge is 0.412 e. The van der Waals surface area contributed by atoms with Crippen molar-refractivity contribution in [2.45, 2.75) is 33.3 Å². The summed E-state index contributed by atoms with van der Waals surface area (Å²) < 4.78 is 24.1. The molecule has 0 fully saturated rings. The highest BCUT2D eigenvalue weighted by atomic mass is 19.1. The molecule has 2 aromatic carbocycles. The molecule has 7 heteroatoms. The molecule has 2 aromatic rings. The highest BCUT2D eigenvalue weighted by Crippen LogP contribution is 2.25. The van der Waals surface area contributed by atoms with Crippen LogP contribution in [0.4, 0.5) is 20.6 Å². The number of carbonyl (C=O) groups is 2. The summed E-state index contributed by atoms with van der Waals surface area (Å²) in [7, 11) is 1.51. The lowest BCUT2D eigenvalue weighted by molar-refractivity contribution is 0.0635. The molecule has 0 aromatic heterocycles. The number of rotatable bonds is 4. The van der Waals surface area contributed by atoms with Crippen molar-refractivity contribution in [2.24, 2.45) is 0 Å². The van der Waals surface area contributed by atoms with Crippen LogP contribution < -0.4 is 15.4 Å². The number of benzene rings is 2. The number of hydrogen-bond acceptors (Lipinski definition) is 4. The standard InChI is InChI=1S/C20H23FN2O4/c1-12-6-7-13(10-17(12)26-5)18(24)22-16-11-14(21)8-9-15(16)23-19(25)27-20(2,3)4/h6-11H,1-5H3,(H,22,24)(H,23,25). The van der Waals surface area contributed by atoms with Crippen LogP contribution in [0.5, 0.6) is 5.75 Å². The van der Waals surface area contributed by atoms with Gasteiger partial charge in [-0.15, -0.1) is 0 Å². The maximum absolute atomic E-state index is 13.7. The van der Waals surface area contributed by atoms with Crippen LogP contribution in [-0.4, -0.2) is 24.7 Å². The monoisotopic (exact) mass is 374 g/mol. The third-order valence-electron chi connectivity index (χ3n) is 3.54. The van der Waals surface area contributed by atoms with Crippen molar-refractivity contribution in [1.82, 2.24) is 0 Å². The van der Waals surface area contributed by atoms with Crippen LogP contribution in [0.2, 0.25) is 0 Å². The van der Waals surface area contributed by atoms with Crippen molar-refractivity contribution in [2.75, 3.05) is 17.7 Å². The Bertz CT molecular complexity index is 860. The summed E-state index contributed by atoms with van der Waals surface area (Å²) in [5, 5.41) is 5.12. The fraction of sp³-hybridized carbons (Fsp3) is 0.300. The number of methoxy groups -OCH3 is 1. The van der Waals surface area contributed by atoms with Gasteiger partial charge < -0.3 is 14.8 Å². The molecule has 0 saturated heterocycles. The first-order chi connectivity index (χ1) is 12.6. The largest absolute Gasteiger partial charge is 0.496 e. The van der Waals surface area contributed by atoms with Crippen molar-refractivity contribution in [3.8, 4) is 5.75 Å². The Balaban J connectivity index is 2.23. The normalized spacial score (nSPS) is 10.9. The molecule has 0 heterocycles. The van der Waals surface area contributed by atoms with E-state index in [9.17, 15) is 14.0 Å². The number of nitrogens with one attached hydrogen (secondary N) is 2. The molecule has 2 amide bonds. The van der Waals surface area contributed by atoms with Gasteiger partial charge in [-0.1, -0.05) is 6.07 Å². The molecule has 0 spiro atoms. The summed E-state index contributed by atoms with van der Waals surface area (Å²) in [6, 6.07) is 8.62. The number of ether oxygens (including phenoxy) is 2. The predicted molar refractivity (Wildman–Crippen MR) is 102 cm³/mol. The summed E-state index contributed by atoms with van der Waals surface area (Å²) in [5.41, 5.74) is 0.867. The minimum absolute atomic E-state index is 0.116. The fourth-order valence-corrected chi connectivity index (χ4v) is 2.30. The van der Waals surface area contributed by atoms with Gasteiger partial charge in [-0.3, -0.25) is 10.1 Å². The summed E-state index contributed by atoms with van der Waals surface area (Å²) >= 11 is 0. The molecule has 2 rings (SSSR count). The summed E-state index contributed by atoms with van der Waals surface area (Å²) in [6.45, 7) is 7.04. The molecule has 0 atom stereocenters. The summed E-state index contributed by atoms with van der Waals surface area (Å²) in [6.07, 6.45) is -0.707. The SMILES string of the molecule is COc1cc(C(=O)Nc2cc(F)ccc2NC(=O)OC(C)(C)C)ccc1C. The van der Waals surface area contributed by atoms with Gasteiger partial charge in [0.2, 0.25) is 0 Å². The Labute approximate surface area is 157 Å². The Morgan fingerprint density at radius 2 is 1.70 bits per heavy atom. The molecule has 0 bridgehead atoms. The van der Waals surface area contributed by atoms with Gasteiger partial charge in [0.1, 0.15) is 17.2 Å². The minimum atomic E-state index is -0.707. The lowest BCUT2D eigenvalue weighted by Gasteiger charge is -2.20. The molecule has 0 unspecified atom stereocenters. The van der Waals surface area contributed by atoms with Gasteiger partial charge in [0.15, 0.2) is 0 Å². The van der Waals surface area contributed by atoms with E-state index in [1.807, 2.05) is 6.92 Å². The number of carbonyl (C=O) groups excluding carboxylic acids is 2. The van der Waals surface area contributed by atoms with E-state index in [0.29, 0.717) is 11.3 Å². The van der Waals surface area contributed by atoms with Crippen LogP contribution in [0.25, 0.3) is 0 Å². The highest BCUT2D eigenvalue weighted by molar-refractivity contribution is 6.07. The van der Waals surface area contributed by atoms with Crippen LogP contribution in [0.3, 0.4) is 0 Å². The molecule has 144 valence electrons. The molecule has 0 saturated carbocycles. The van der Waals surface area contributed by atoms with Crippen LogP contribution in [0, 0.1) is 12.7 Å². The third kappa shape index (κ3) is 5.70. The fourth-order valence-electron chi connectivity index (χ4n) is 2.30. The van der Waals surface area contributed by atoms with Crippen molar-refractivity contribution in [3.63, 3.8) is 0 Å². The molecule has 0 aliphatic heterocycles. The zero-order chi connectivity index (χ0) is 20.2. The number of hydrogen-bond donors (Lipinski definition) is 2. The zero-order valence-electron chi connectivity index (χ0n) is 16.0. The van der Waals surface area contributed by atoms with Gasteiger partial charge in [-0.25, -0.2) is 9.18 Å². The minimum Gasteiger partial charge on any atom is -0.496 e. The topological polar surface area (TPSA) is 76.7 Å². The molecule has 0 aliphatic carbocycles.